The Morgan fingerprint density at radius 2 is 1.53 bits per heavy atom. The van der Waals surface area contributed by atoms with Crippen LogP contribution in [0.5, 0.6) is 0 Å². The summed E-state index contributed by atoms with van der Waals surface area (Å²) in [5, 5.41) is 0. The summed E-state index contributed by atoms with van der Waals surface area (Å²) in [4.78, 5) is 0.352. The van der Waals surface area contributed by atoms with Gasteiger partial charge in [-0.2, -0.15) is 12.8 Å². The molecule has 0 bridgehead atoms. The summed E-state index contributed by atoms with van der Waals surface area (Å²) >= 11 is 0. The fraction of sp³-hybridized carbons (Fsp3) is 0.533. The topological polar surface area (TPSA) is 46.5 Å². The number of hydrogen-bond donors (Lipinski definition) is 0. The van der Waals surface area contributed by atoms with Crippen LogP contribution in [-0.4, -0.2) is 14.1 Å². The summed E-state index contributed by atoms with van der Waals surface area (Å²) in [6.07, 6.45) is 0. The fourth-order valence-electron chi connectivity index (χ4n) is 2.16. The molecule has 0 N–H and O–H groups in total. The van der Waals surface area contributed by atoms with E-state index in [1.54, 1.807) is 6.07 Å². The predicted octanol–water partition coefficient (Wildman–Crippen LogP) is 3.52. The first kappa shape index (κ1) is 14.3. The molecular formula is C15H21NO2S. The first-order valence-electron chi connectivity index (χ1n) is 6.43. The molecule has 0 unspecified atom stereocenters. The highest BCUT2D eigenvalue weighted by molar-refractivity contribution is 7.90. The molecule has 1 aromatic carbocycles. The van der Waals surface area contributed by atoms with Crippen LogP contribution in [0.4, 0.5) is 0 Å². The predicted molar refractivity (Wildman–Crippen MR) is 78.3 cm³/mol. The minimum absolute atomic E-state index is 0.0744. The third-order valence-electron chi connectivity index (χ3n) is 3.30. The SMILES string of the molecule is CC(C)(C)C1=NS(=O)(=O)c2cc(C(C)(C)C)ccc21. The lowest BCUT2D eigenvalue weighted by molar-refractivity contribution is 0.585. The highest BCUT2D eigenvalue weighted by Crippen LogP contribution is 2.36. The van der Waals surface area contributed by atoms with Gasteiger partial charge in [-0.15, -0.1) is 0 Å². The van der Waals surface area contributed by atoms with Gasteiger partial charge >= 0.3 is 0 Å². The van der Waals surface area contributed by atoms with Crippen molar-refractivity contribution in [2.45, 2.75) is 51.9 Å². The maximum Gasteiger partial charge on any atom is 0.283 e. The first-order chi connectivity index (χ1) is 8.43. The van der Waals surface area contributed by atoms with Crippen molar-refractivity contribution in [3.8, 4) is 0 Å². The van der Waals surface area contributed by atoms with E-state index in [1.807, 2.05) is 32.9 Å². The third-order valence-corrected chi connectivity index (χ3v) is 4.62. The minimum atomic E-state index is -3.53. The van der Waals surface area contributed by atoms with E-state index in [1.165, 1.54) is 0 Å². The molecule has 1 aromatic rings. The smallest absolute Gasteiger partial charge is 0.199 e. The van der Waals surface area contributed by atoms with Crippen LogP contribution < -0.4 is 0 Å². The molecule has 1 heterocycles. The quantitative estimate of drug-likeness (QED) is 0.729. The van der Waals surface area contributed by atoms with Gasteiger partial charge in [-0.1, -0.05) is 53.7 Å². The van der Waals surface area contributed by atoms with Crippen molar-refractivity contribution in [3.63, 3.8) is 0 Å². The van der Waals surface area contributed by atoms with Crippen molar-refractivity contribution in [3.05, 3.63) is 29.3 Å². The lowest BCUT2D eigenvalue weighted by Gasteiger charge is -2.21. The summed E-state index contributed by atoms with van der Waals surface area (Å²) < 4.78 is 28.4. The molecule has 4 heteroatoms. The molecule has 0 radical (unpaired) electrons. The largest absolute Gasteiger partial charge is 0.283 e. The molecule has 0 fully saturated rings. The van der Waals surface area contributed by atoms with Gasteiger partial charge in [0.1, 0.15) is 0 Å². The van der Waals surface area contributed by atoms with Gasteiger partial charge in [0.25, 0.3) is 10.0 Å². The van der Waals surface area contributed by atoms with Crippen LogP contribution in [-0.2, 0) is 15.4 Å². The van der Waals surface area contributed by atoms with Crippen LogP contribution >= 0.6 is 0 Å². The monoisotopic (exact) mass is 279 g/mol. The highest BCUT2D eigenvalue weighted by Gasteiger charge is 2.35. The summed E-state index contributed by atoms with van der Waals surface area (Å²) in [7, 11) is -3.53. The molecule has 2 rings (SSSR count). The van der Waals surface area contributed by atoms with Crippen molar-refractivity contribution >= 4 is 15.7 Å². The lowest BCUT2D eigenvalue weighted by Crippen LogP contribution is -2.20. The Balaban J connectivity index is 2.69. The maximum absolute atomic E-state index is 12.2. The van der Waals surface area contributed by atoms with Crippen molar-refractivity contribution in [1.29, 1.82) is 0 Å². The Morgan fingerprint density at radius 3 is 2.00 bits per heavy atom. The van der Waals surface area contributed by atoms with Crippen LogP contribution in [0.15, 0.2) is 27.5 Å². The van der Waals surface area contributed by atoms with Crippen molar-refractivity contribution in [2.24, 2.45) is 9.81 Å². The van der Waals surface area contributed by atoms with E-state index in [0.29, 0.717) is 10.6 Å². The van der Waals surface area contributed by atoms with Gasteiger partial charge in [-0.25, -0.2) is 0 Å². The Morgan fingerprint density at radius 1 is 0.947 bits per heavy atom. The Hall–Kier alpha value is -1.16. The van der Waals surface area contributed by atoms with E-state index < -0.39 is 10.0 Å². The van der Waals surface area contributed by atoms with Gasteiger partial charge in [0.15, 0.2) is 0 Å². The Labute approximate surface area is 115 Å². The van der Waals surface area contributed by atoms with Crippen LogP contribution in [0.3, 0.4) is 0 Å². The standard InChI is InChI=1S/C15H21NO2S/c1-14(2,3)10-7-8-11-12(9-10)19(17,18)16-13(11)15(4,5)6/h7-9H,1-6H3. The van der Waals surface area contributed by atoms with Gasteiger partial charge < -0.3 is 0 Å². The van der Waals surface area contributed by atoms with Gasteiger partial charge in [0.2, 0.25) is 0 Å². The molecule has 1 aliphatic rings. The summed E-state index contributed by atoms with van der Waals surface area (Å²) in [5.41, 5.74) is 2.07. The summed E-state index contributed by atoms with van der Waals surface area (Å²) in [6, 6.07) is 5.67. The number of fused-ring (bicyclic) bond motifs is 1. The zero-order valence-corrected chi connectivity index (χ0v) is 13.2. The normalized spacial score (nSPS) is 18.1. The summed E-state index contributed by atoms with van der Waals surface area (Å²) in [5.74, 6) is 0. The summed E-state index contributed by atoms with van der Waals surface area (Å²) in [6.45, 7) is 12.2. The van der Waals surface area contributed by atoms with Crippen molar-refractivity contribution in [1.82, 2.24) is 0 Å². The van der Waals surface area contributed by atoms with E-state index in [9.17, 15) is 8.42 Å². The second-order valence-corrected chi connectivity index (χ2v) is 8.70. The molecule has 0 saturated heterocycles. The van der Waals surface area contributed by atoms with E-state index in [-0.39, 0.29) is 10.8 Å². The van der Waals surface area contributed by atoms with Gasteiger partial charge in [0, 0.05) is 11.0 Å². The highest BCUT2D eigenvalue weighted by atomic mass is 32.2. The van der Waals surface area contributed by atoms with E-state index in [4.69, 9.17) is 0 Å². The average Bonchev–Trinajstić information content (AvgIpc) is 2.49. The maximum atomic E-state index is 12.2. The molecule has 0 amide bonds. The van der Waals surface area contributed by atoms with E-state index in [0.717, 1.165) is 11.1 Å². The van der Waals surface area contributed by atoms with Gasteiger partial charge in [0.05, 0.1) is 10.6 Å². The Kier molecular flexibility index (Phi) is 2.94. The third kappa shape index (κ3) is 2.46. The number of benzene rings is 1. The molecule has 0 saturated carbocycles. The van der Waals surface area contributed by atoms with Gasteiger partial charge in [-0.05, 0) is 17.0 Å². The zero-order valence-electron chi connectivity index (χ0n) is 12.4. The van der Waals surface area contributed by atoms with Crippen molar-refractivity contribution < 1.29 is 8.42 Å². The first-order valence-corrected chi connectivity index (χ1v) is 7.87. The fourth-order valence-corrected chi connectivity index (χ4v) is 3.59. The molecule has 0 spiro atoms. The second-order valence-electron chi connectivity index (χ2n) is 7.13. The number of rotatable bonds is 0. The minimum Gasteiger partial charge on any atom is -0.199 e. The average molecular weight is 279 g/mol. The van der Waals surface area contributed by atoms with Gasteiger partial charge in [-0.3, -0.25) is 0 Å². The van der Waals surface area contributed by atoms with Crippen LogP contribution in [0.1, 0.15) is 52.7 Å². The van der Waals surface area contributed by atoms with E-state index in [2.05, 4.69) is 25.2 Å². The molecule has 0 atom stereocenters. The lowest BCUT2D eigenvalue weighted by atomic mass is 9.83. The Bertz CT molecular complexity index is 656. The molecular weight excluding hydrogens is 258 g/mol. The molecule has 0 aromatic heterocycles. The van der Waals surface area contributed by atoms with E-state index >= 15 is 0 Å². The molecule has 104 valence electrons. The molecule has 0 aliphatic carbocycles. The zero-order chi connectivity index (χ0) is 14.6. The van der Waals surface area contributed by atoms with Crippen LogP contribution in [0.2, 0.25) is 0 Å². The molecule has 1 aliphatic heterocycles. The van der Waals surface area contributed by atoms with Crippen molar-refractivity contribution in [2.75, 3.05) is 0 Å². The molecule has 3 nitrogen and oxygen atoms in total. The van der Waals surface area contributed by atoms with Crippen LogP contribution in [0, 0.1) is 5.41 Å². The number of nitrogens with zero attached hydrogens (tertiary/aromatic N) is 1. The van der Waals surface area contributed by atoms with Crippen LogP contribution in [0.25, 0.3) is 0 Å². The molecule has 19 heavy (non-hydrogen) atoms. The number of hydrogen-bond acceptors (Lipinski definition) is 2. The number of sulfonamides is 1. The second kappa shape index (κ2) is 3.92.